The second-order valence-electron chi connectivity index (χ2n) is 9.20. The van der Waals surface area contributed by atoms with Crippen LogP contribution in [-0.4, -0.2) is 32.8 Å². The van der Waals surface area contributed by atoms with Gasteiger partial charge in [-0.2, -0.15) is 5.10 Å². The van der Waals surface area contributed by atoms with E-state index in [0.29, 0.717) is 24.4 Å². The van der Waals surface area contributed by atoms with Crippen LogP contribution in [0.5, 0.6) is 0 Å². The Morgan fingerprint density at radius 3 is 2.89 bits per heavy atom. The summed E-state index contributed by atoms with van der Waals surface area (Å²) in [5, 5.41) is 7.24. The van der Waals surface area contributed by atoms with Crippen molar-refractivity contribution in [3.8, 4) is 0 Å². The van der Waals surface area contributed by atoms with Crippen LogP contribution in [-0.2, 0) is 11.3 Å². The molecule has 2 fully saturated rings. The molecule has 4 atom stereocenters. The van der Waals surface area contributed by atoms with Gasteiger partial charge >= 0.3 is 0 Å². The van der Waals surface area contributed by atoms with Gasteiger partial charge in [-0.25, -0.2) is 15.1 Å². The van der Waals surface area contributed by atoms with E-state index in [9.17, 15) is 4.79 Å². The first-order valence-electron chi connectivity index (χ1n) is 10.1. The predicted octanol–water partition coefficient (Wildman–Crippen LogP) is 2.57. The van der Waals surface area contributed by atoms with E-state index in [1.54, 1.807) is 11.0 Å². The number of carbonyl (C=O) groups is 1. The van der Waals surface area contributed by atoms with E-state index < -0.39 is 0 Å². The van der Waals surface area contributed by atoms with Crippen molar-refractivity contribution in [2.45, 2.75) is 58.7 Å². The van der Waals surface area contributed by atoms with Crippen LogP contribution in [0.3, 0.4) is 0 Å². The van der Waals surface area contributed by atoms with Gasteiger partial charge in [-0.05, 0) is 48.3 Å². The minimum atomic E-state index is -0.200. The molecule has 3 N–H and O–H groups in total. The molecule has 1 aromatic heterocycles. The monoisotopic (exact) mass is 382 g/mol. The lowest BCUT2D eigenvalue weighted by molar-refractivity contribution is -0.119. The lowest BCUT2D eigenvalue weighted by atomic mass is 9.66. The zero-order valence-electron chi connectivity index (χ0n) is 16.9. The highest BCUT2D eigenvalue weighted by Gasteiger charge is 2.45. The van der Waals surface area contributed by atoms with Crippen molar-refractivity contribution in [2.24, 2.45) is 17.3 Å². The molecule has 2 aromatic rings. The molecule has 2 heterocycles. The van der Waals surface area contributed by atoms with Gasteiger partial charge in [-0.15, -0.1) is 0 Å². The Morgan fingerprint density at radius 2 is 2.14 bits per heavy atom. The minimum Gasteiger partial charge on any atom is -0.325 e. The van der Waals surface area contributed by atoms with Crippen molar-refractivity contribution < 1.29 is 4.79 Å². The normalized spacial score (nSPS) is 27.4. The average molecular weight is 383 g/mol. The fraction of sp³-hybridized carbons (Fsp3) is 0.571. The Balaban J connectivity index is 1.42. The van der Waals surface area contributed by atoms with Crippen molar-refractivity contribution in [3.05, 3.63) is 42.5 Å². The van der Waals surface area contributed by atoms with Crippen LogP contribution in [0.15, 0.2) is 36.9 Å². The molecule has 2 aliphatic rings. The number of amides is 1. The van der Waals surface area contributed by atoms with Crippen molar-refractivity contribution >= 4 is 11.6 Å². The standard InChI is InChI=1S/C21H30N6O/c1-21(2,3)15-7-8-18-17(10-15)19(26-25-18)20(28)24-16-6-4-5-14(9-16)11-27-13-22-12-23-27/h4-6,9,12-13,15,17-19,25-26H,7-8,10-11H2,1-3H3,(H,24,28). The summed E-state index contributed by atoms with van der Waals surface area (Å²) in [6, 6.07) is 8.10. The van der Waals surface area contributed by atoms with Crippen molar-refractivity contribution in [1.82, 2.24) is 25.6 Å². The minimum absolute atomic E-state index is 0.0347. The lowest BCUT2D eigenvalue weighted by Crippen LogP contribution is -2.43. The molecule has 28 heavy (non-hydrogen) atoms. The van der Waals surface area contributed by atoms with Gasteiger partial charge in [0.1, 0.15) is 18.7 Å². The van der Waals surface area contributed by atoms with Crippen molar-refractivity contribution in [2.75, 3.05) is 5.32 Å². The van der Waals surface area contributed by atoms with Gasteiger partial charge in [0.15, 0.2) is 0 Å². The molecule has 1 aliphatic carbocycles. The molecular weight excluding hydrogens is 352 g/mol. The summed E-state index contributed by atoms with van der Waals surface area (Å²) in [5.41, 5.74) is 8.79. The number of rotatable bonds is 4. The van der Waals surface area contributed by atoms with Gasteiger partial charge in [-0.3, -0.25) is 10.2 Å². The van der Waals surface area contributed by atoms with Gasteiger partial charge < -0.3 is 5.32 Å². The maximum Gasteiger partial charge on any atom is 0.243 e. The molecule has 7 nitrogen and oxygen atoms in total. The summed E-state index contributed by atoms with van der Waals surface area (Å²) >= 11 is 0. The maximum absolute atomic E-state index is 13.0. The fourth-order valence-electron chi connectivity index (χ4n) is 4.57. The molecule has 1 aromatic carbocycles. The van der Waals surface area contributed by atoms with Crippen LogP contribution >= 0.6 is 0 Å². The topological polar surface area (TPSA) is 83.9 Å². The molecule has 4 unspecified atom stereocenters. The zero-order valence-corrected chi connectivity index (χ0v) is 16.9. The molecule has 150 valence electrons. The third kappa shape index (κ3) is 4.10. The Labute approximate surface area is 166 Å². The first-order chi connectivity index (χ1) is 13.4. The van der Waals surface area contributed by atoms with Gasteiger partial charge in [0.05, 0.1) is 6.54 Å². The molecule has 1 saturated carbocycles. The number of anilines is 1. The van der Waals surface area contributed by atoms with E-state index in [-0.39, 0.29) is 17.4 Å². The summed E-state index contributed by atoms with van der Waals surface area (Å²) in [6.45, 7) is 7.56. The second-order valence-corrected chi connectivity index (χ2v) is 9.20. The largest absolute Gasteiger partial charge is 0.325 e. The summed E-state index contributed by atoms with van der Waals surface area (Å²) in [6.07, 6.45) is 6.64. The molecular formula is C21H30N6O. The molecule has 0 radical (unpaired) electrons. The number of hydrazine groups is 1. The zero-order chi connectivity index (χ0) is 19.7. The first kappa shape index (κ1) is 19.1. The number of hydrogen-bond donors (Lipinski definition) is 3. The van der Waals surface area contributed by atoms with E-state index in [4.69, 9.17) is 0 Å². The number of hydrogen-bond acceptors (Lipinski definition) is 5. The Bertz CT molecular complexity index is 813. The van der Waals surface area contributed by atoms with Crippen LogP contribution in [0.25, 0.3) is 0 Å². The van der Waals surface area contributed by atoms with Crippen LogP contribution < -0.4 is 16.2 Å². The van der Waals surface area contributed by atoms with Crippen molar-refractivity contribution in [3.63, 3.8) is 0 Å². The highest BCUT2D eigenvalue weighted by Crippen LogP contribution is 2.42. The third-order valence-electron chi connectivity index (χ3n) is 6.26. The molecule has 1 amide bonds. The number of fused-ring (bicyclic) bond motifs is 1. The second kappa shape index (κ2) is 7.64. The summed E-state index contributed by atoms with van der Waals surface area (Å²) in [7, 11) is 0. The van der Waals surface area contributed by atoms with Gasteiger partial charge in [0.25, 0.3) is 0 Å². The number of nitrogens with zero attached hydrogens (tertiary/aromatic N) is 3. The number of benzene rings is 1. The Kier molecular flexibility index (Phi) is 5.21. The number of nitrogens with one attached hydrogen (secondary N) is 3. The molecule has 0 bridgehead atoms. The van der Waals surface area contributed by atoms with Gasteiger partial charge in [-0.1, -0.05) is 32.9 Å². The smallest absolute Gasteiger partial charge is 0.243 e. The Hall–Kier alpha value is -2.25. The van der Waals surface area contributed by atoms with E-state index in [1.165, 1.54) is 12.7 Å². The Morgan fingerprint density at radius 1 is 1.29 bits per heavy atom. The van der Waals surface area contributed by atoms with Gasteiger partial charge in [0, 0.05) is 17.6 Å². The maximum atomic E-state index is 13.0. The van der Waals surface area contributed by atoms with Crippen LogP contribution in [0.4, 0.5) is 5.69 Å². The summed E-state index contributed by atoms with van der Waals surface area (Å²) in [5.74, 6) is 1.01. The first-order valence-corrected chi connectivity index (χ1v) is 10.1. The molecule has 7 heteroatoms. The van der Waals surface area contributed by atoms with E-state index in [0.717, 1.165) is 24.1 Å². The fourth-order valence-corrected chi connectivity index (χ4v) is 4.57. The van der Waals surface area contributed by atoms with Crippen molar-refractivity contribution in [1.29, 1.82) is 0 Å². The van der Waals surface area contributed by atoms with E-state index in [2.05, 4.69) is 47.0 Å². The average Bonchev–Trinajstić information content (AvgIpc) is 3.30. The van der Waals surface area contributed by atoms with Crippen LogP contribution in [0.2, 0.25) is 0 Å². The molecule has 0 spiro atoms. The van der Waals surface area contributed by atoms with E-state index >= 15 is 0 Å². The SMILES string of the molecule is CC(C)(C)C1CCC2NNC(C(=O)Nc3cccc(Cn4cncn4)c3)C2C1. The lowest BCUT2D eigenvalue weighted by Gasteiger charge is -2.39. The van der Waals surface area contributed by atoms with Crippen LogP contribution in [0.1, 0.15) is 45.6 Å². The van der Waals surface area contributed by atoms with E-state index in [1.807, 2.05) is 24.3 Å². The number of aromatic nitrogens is 3. The summed E-state index contributed by atoms with van der Waals surface area (Å²) < 4.78 is 1.77. The summed E-state index contributed by atoms with van der Waals surface area (Å²) in [4.78, 5) is 17.0. The number of carbonyl (C=O) groups excluding carboxylic acids is 1. The molecule has 4 rings (SSSR count). The quantitative estimate of drug-likeness (QED) is 0.757. The molecule has 1 saturated heterocycles. The highest BCUT2D eigenvalue weighted by molar-refractivity contribution is 5.95. The highest BCUT2D eigenvalue weighted by atomic mass is 16.2. The predicted molar refractivity (Wildman–Crippen MR) is 108 cm³/mol. The third-order valence-corrected chi connectivity index (χ3v) is 6.26. The van der Waals surface area contributed by atoms with Gasteiger partial charge in [0.2, 0.25) is 5.91 Å². The van der Waals surface area contributed by atoms with Crippen LogP contribution in [0, 0.1) is 17.3 Å². The molecule has 1 aliphatic heterocycles.